The minimum Gasteiger partial charge on any atom is -0.447 e. The number of carbonyl (C=O) groups is 2. The number of guanidine groups is 1. The van der Waals surface area contributed by atoms with Gasteiger partial charge in [0.2, 0.25) is 5.96 Å². The highest BCUT2D eigenvalue weighted by Crippen LogP contribution is 2.46. The Morgan fingerprint density at radius 2 is 1.96 bits per heavy atom. The molecule has 1 saturated carbocycles. The molecule has 1 aromatic heterocycles. The van der Waals surface area contributed by atoms with Gasteiger partial charge in [0, 0.05) is 35.4 Å². The van der Waals surface area contributed by atoms with E-state index in [0.29, 0.717) is 27.4 Å². The number of aliphatic imine (C=N–C) groups is 1. The van der Waals surface area contributed by atoms with Crippen LogP contribution in [-0.2, 0) is 21.6 Å². The fourth-order valence-electron chi connectivity index (χ4n) is 6.03. The predicted molar refractivity (Wildman–Crippen MR) is 171 cm³/mol. The summed E-state index contributed by atoms with van der Waals surface area (Å²) in [7, 11) is 1.69. The molecule has 0 radical (unpaired) electrons. The van der Waals surface area contributed by atoms with Crippen LogP contribution in [0, 0.1) is 11.2 Å². The Hall–Kier alpha value is -4.18. The van der Waals surface area contributed by atoms with Gasteiger partial charge in [-0.3, -0.25) is 15.1 Å². The molecule has 2 atom stereocenters. The van der Waals surface area contributed by atoms with Crippen molar-refractivity contribution in [3.63, 3.8) is 0 Å². The second-order valence-electron chi connectivity index (χ2n) is 13.3. The van der Waals surface area contributed by atoms with E-state index in [0.717, 1.165) is 24.6 Å². The lowest BCUT2D eigenvalue weighted by Crippen LogP contribution is -2.58. The van der Waals surface area contributed by atoms with Crippen LogP contribution < -0.4 is 21.7 Å². The summed E-state index contributed by atoms with van der Waals surface area (Å²) in [6.07, 6.45) is 3.56. The smallest absolute Gasteiger partial charge is 0.407 e. The van der Waals surface area contributed by atoms with Crippen molar-refractivity contribution in [3.05, 3.63) is 76.3 Å². The van der Waals surface area contributed by atoms with Crippen molar-refractivity contribution in [2.45, 2.75) is 70.8 Å². The van der Waals surface area contributed by atoms with Crippen LogP contribution >= 0.6 is 11.6 Å². The van der Waals surface area contributed by atoms with Crippen LogP contribution in [0.3, 0.4) is 0 Å². The fraction of sp³-hybridized carbons (Fsp3) is 0.438. The van der Waals surface area contributed by atoms with Gasteiger partial charge in [0.05, 0.1) is 18.8 Å². The maximum absolute atomic E-state index is 16.4. The highest BCUT2D eigenvalue weighted by atomic mass is 35.5. The third-order valence-electron chi connectivity index (χ3n) is 8.37. The molecule has 2 aromatic carbocycles. The van der Waals surface area contributed by atoms with E-state index in [9.17, 15) is 13.6 Å². The first-order valence-electron chi connectivity index (χ1n) is 15.5. The Morgan fingerprint density at radius 3 is 2.60 bits per heavy atom. The molecule has 16 heteroatoms. The maximum Gasteiger partial charge on any atom is 0.407 e. The molecule has 0 unspecified atom stereocenters. The molecule has 256 valence electrons. The first-order chi connectivity index (χ1) is 22.8. The number of halogens is 4. The molecular formula is C32H37ClF3N9O3. The zero-order chi connectivity index (χ0) is 34.4. The number of ether oxygens (including phenoxy) is 1. The van der Waals surface area contributed by atoms with Gasteiger partial charge < -0.3 is 10.1 Å². The van der Waals surface area contributed by atoms with Crippen molar-refractivity contribution < 1.29 is 27.5 Å². The van der Waals surface area contributed by atoms with E-state index in [1.807, 2.05) is 26.8 Å². The lowest BCUT2D eigenvalue weighted by Gasteiger charge is -2.36. The van der Waals surface area contributed by atoms with Gasteiger partial charge in [-0.15, -0.1) is 0 Å². The highest BCUT2D eigenvalue weighted by Gasteiger charge is 2.55. The third kappa shape index (κ3) is 6.86. The van der Waals surface area contributed by atoms with E-state index >= 15 is 9.18 Å². The number of alkyl halides is 2. The number of rotatable bonds is 8. The highest BCUT2D eigenvalue weighted by molar-refractivity contribution is 6.31. The van der Waals surface area contributed by atoms with Crippen molar-refractivity contribution in [2.75, 3.05) is 13.7 Å². The number of nitrogens with one attached hydrogen (secondary N) is 4. The lowest BCUT2D eigenvalue weighted by molar-refractivity contribution is -0.135. The predicted octanol–water partition coefficient (Wildman–Crippen LogP) is 5.16. The summed E-state index contributed by atoms with van der Waals surface area (Å²) in [6, 6.07) is 8.67. The van der Waals surface area contributed by atoms with Crippen LogP contribution in [0.2, 0.25) is 5.02 Å². The van der Waals surface area contributed by atoms with Crippen LogP contribution in [0.4, 0.5) is 18.0 Å². The van der Waals surface area contributed by atoms with E-state index in [1.165, 1.54) is 23.2 Å². The number of nitrogens with zero attached hydrogens (tertiary/aromatic N) is 5. The quantitative estimate of drug-likeness (QED) is 0.256. The van der Waals surface area contributed by atoms with E-state index < -0.39 is 41.4 Å². The number of benzene rings is 2. The van der Waals surface area contributed by atoms with Gasteiger partial charge in [0.1, 0.15) is 12.4 Å². The van der Waals surface area contributed by atoms with Crippen LogP contribution in [-0.4, -0.2) is 57.5 Å². The molecule has 6 rings (SSSR count). The van der Waals surface area contributed by atoms with E-state index in [4.69, 9.17) is 21.3 Å². The topological polar surface area (TPSA) is 128 Å². The second kappa shape index (κ2) is 13.0. The summed E-state index contributed by atoms with van der Waals surface area (Å²) < 4.78 is 48.9. The number of hydrogen-bond acceptors (Lipinski definition) is 9. The molecule has 1 aliphatic carbocycles. The Labute approximate surface area is 280 Å². The Balaban J connectivity index is 1.46. The summed E-state index contributed by atoms with van der Waals surface area (Å²) in [5.74, 6) is -1.23. The first-order valence-corrected chi connectivity index (χ1v) is 15.9. The fourth-order valence-corrected chi connectivity index (χ4v) is 6.21. The minimum absolute atomic E-state index is 0.00230. The van der Waals surface area contributed by atoms with Gasteiger partial charge in [0.25, 0.3) is 5.91 Å². The summed E-state index contributed by atoms with van der Waals surface area (Å²) in [5, 5.41) is 8.52. The number of hydrazine groups is 3. The van der Waals surface area contributed by atoms with Crippen molar-refractivity contribution in [1.82, 2.24) is 41.5 Å². The molecule has 12 nitrogen and oxygen atoms in total. The van der Waals surface area contributed by atoms with Crippen LogP contribution in [0.15, 0.2) is 53.8 Å². The molecule has 3 aromatic rings. The van der Waals surface area contributed by atoms with Gasteiger partial charge in [-0.25, -0.2) is 24.3 Å². The van der Waals surface area contributed by atoms with Crippen LogP contribution in [0.5, 0.6) is 0 Å². The van der Waals surface area contributed by atoms with Gasteiger partial charge in [0.15, 0.2) is 5.54 Å². The molecule has 2 bridgehead atoms. The molecule has 0 saturated heterocycles. The average molecular weight is 688 g/mol. The van der Waals surface area contributed by atoms with Crippen LogP contribution in [0.25, 0.3) is 11.1 Å². The molecule has 1 fully saturated rings. The zero-order valence-corrected chi connectivity index (χ0v) is 27.6. The molecular weight excluding hydrogens is 651 g/mol. The molecule has 2 amide bonds. The van der Waals surface area contributed by atoms with Gasteiger partial charge in [-0.2, -0.15) is 24.5 Å². The summed E-state index contributed by atoms with van der Waals surface area (Å²) in [6.45, 7) is 2.96. The monoisotopic (exact) mass is 687 g/mol. The number of fused-ring (bicyclic) bond motifs is 3. The van der Waals surface area contributed by atoms with E-state index in [2.05, 4.69) is 26.8 Å². The number of amides is 2. The van der Waals surface area contributed by atoms with E-state index in [1.54, 1.807) is 30.4 Å². The standard InChI is InChI=1S/C32H37ClF3N9O3/c1-31(2,3)17-32(23-9-5-18(12-25(23)34)21-13-38-43(14-21)28(35)36)27(46)45-26(16-48-30(47)39-22-7-8-22)19-6-10-24(33)20(11-19)15-44(37-4)42-41-29(45)40-32/h5-6,9-14,22,26,28,37,42H,7-8,15-17H2,1-4H3,(H,39,47)(H,40,41)/t26-,32-/m1/s1. The normalized spacial score (nSPS) is 21.5. The second-order valence-corrected chi connectivity index (χ2v) is 13.7. The molecule has 48 heavy (non-hydrogen) atoms. The third-order valence-corrected chi connectivity index (χ3v) is 8.74. The van der Waals surface area contributed by atoms with E-state index in [-0.39, 0.29) is 36.2 Å². The van der Waals surface area contributed by atoms with Gasteiger partial charge in [-0.05, 0) is 53.5 Å². The van der Waals surface area contributed by atoms with Crippen molar-refractivity contribution in [3.8, 4) is 11.1 Å². The Kier molecular flexibility index (Phi) is 9.15. The number of hydrogen-bond donors (Lipinski definition) is 4. The van der Waals surface area contributed by atoms with Crippen LogP contribution in [0.1, 0.15) is 69.3 Å². The molecule has 2 aliphatic heterocycles. The molecule has 4 N–H and O–H groups in total. The molecule has 0 spiro atoms. The minimum atomic E-state index is -2.85. The number of alkyl carbamates (subject to hydrolysis) is 1. The van der Waals surface area contributed by atoms with Gasteiger partial charge in [-0.1, -0.05) is 56.6 Å². The summed E-state index contributed by atoms with van der Waals surface area (Å²) in [4.78, 5) is 34.0. The lowest BCUT2D eigenvalue weighted by atomic mass is 9.75. The van der Waals surface area contributed by atoms with Crippen molar-refractivity contribution >= 4 is 29.6 Å². The van der Waals surface area contributed by atoms with Crippen molar-refractivity contribution in [1.29, 1.82) is 0 Å². The molecule has 3 heterocycles. The molecule has 3 aliphatic rings. The Bertz CT molecular complexity index is 1740. The summed E-state index contributed by atoms with van der Waals surface area (Å²) >= 11 is 6.55. The largest absolute Gasteiger partial charge is 0.447 e. The SMILES string of the molecule is CNN1Cc2cc(ccc2Cl)[C@@H](COC(=O)NC2CC2)N2C(=O)[C@@](CC(C)(C)C)(c3ccc(-c4cnn(C(F)F)c4)cc3F)N=C2NN1. The number of carbonyl (C=O) groups excluding carboxylic acids is 2. The maximum atomic E-state index is 16.4. The summed E-state index contributed by atoms with van der Waals surface area (Å²) in [5.41, 5.74) is 8.64. The first kappa shape index (κ1) is 33.7. The average Bonchev–Trinajstić information content (AvgIpc) is 3.61. The Morgan fingerprint density at radius 1 is 1.19 bits per heavy atom. The van der Waals surface area contributed by atoms with Gasteiger partial charge >= 0.3 is 12.6 Å². The number of aromatic nitrogens is 2. The van der Waals surface area contributed by atoms with Crippen molar-refractivity contribution in [2.24, 2.45) is 10.4 Å². The zero-order valence-electron chi connectivity index (χ0n) is 26.9.